The third-order valence-corrected chi connectivity index (χ3v) is 3.21. The van der Waals surface area contributed by atoms with Crippen molar-refractivity contribution < 1.29 is 4.79 Å². The Kier molecular flexibility index (Phi) is 3.69. The lowest BCUT2D eigenvalue weighted by Gasteiger charge is -2.07. The van der Waals surface area contributed by atoms with Gasteiger partial charge >= 0.3 is 0 Å². The summed E-state index contributed by atoms with van der Waals surface area (Å²) in [7, 11) is 0. The third kappa shape index (κ3) is 2.73. The van der Waals surface area contributed by atoms with Crippen molar-refractivity contribution in [3.05, 3.63) is 36.4 Å². The molecule has 1 amide bonds. The molecule has 3 N–H and O–H groups in total. The molecule has 0 aliphatic heterocycles. The quantitative estimate of drug-likeness (QED) is 0.768. The molecule has 2 heterocycles. The first-order valence-corrected chi connectivity index (χ1v) is 7.05. The van der Waals surface area contributed by atoms with Crippen molar-refractivity contribution >= 4 is 23.2 Å². The summed E-state index contributed by atoms with van der Waals surface area (Å²) in [6.07, 6.45) is 1.32. The molecular formula is C15H16N6O. The fourth-order valence-electron chi connectivity index (χ4n) is 2.17. The van der Waals surface area contributed by atoms with E-state index in [1.165, 1.54) is 4.52 Å². The second-order valence-electron chi connectivity index (χ2n) is 4.93. The summed E-state index contributed by atoms with van der Waals surface area (Å²) < 4.78 is 1.48. The summed E-state index contributed by atoms with van der Waals surface area (Å²) in [5, 5.41) is 15.0. The summed E-state index contributed by atoms with van der Waals surface area (Å²) in [6, 6.07) is 11.2. The molecule has 0 aliphatic carbocycles. The van der Waals surface area contributed by atoms with E-state index in [0.717, 1.165) is 23.4 Å². The first-order chi connectivity index (χ1) is 10.7. The number of hydrogen-bond acceptors (Lipinski definition) is 5. The van der Waals surface area contributed by atoms with E-state index in [1.54, 1.807) is 6.07 Å². The lowest BCUT2D eigenvalue weighted by atomic mass is 10.1. The molecule has 3 rings (SSSR count). The second-order valence-corrected chi connectivity index (χ2v) is 4.93. The van der Waals surface area contributed by atoms with Crippen LogP contribution in [0, 0.1) is 0 Å². The summed E-state index contributed by atoms with van der Waals surface area (Å²) in [6.45, 7) is 1.97. The van der Waals surface area contributed by atoms with Gasteiger partial charge in [-0.25, -0.2) is 0 Å². The minimum absolute atomic E-state index is 0.00566. The van der Waals surface area contributed by atoms with Gasteiger partial charge in [0.15, 0.2) is 5.65 Å². The van der Waals surface area contributed by atoms with Crippen LogP contribution in [0.2, 0.25) is 0 Å². The van der Waals surface area contributed by atoms with E-state index in [-0.39, 0.29) is 11.9 Å². The SMILES string of the molecule is CCCC(=O)Nc1cccc(-c2ccc3nnc(N)n3n2)c1. The maximum atomic E-state index is 11.7. The number of carbonyl (C=O) groups excluding carboxylic acids is 1. The lowest BCUT2D eigenvalue weighted by molar-refractivity contribution is -0.116. The molecule has 0 radical (unpaired) electrons. The summed E-state index contributed by atoms with van der Waals surface area (Å²) in [4.78, 5) is 11.7. The number of carbonyl (C=O) groups is 1. The molecule has 0 spiro atoms. The van der Waals surface area contributed by atoms with Gasteiger partial charge in [0.1, 0.15) is 0 Å². The third-order valence-electron chi connectivity index (χ3n) is 3.21. The van der Waals surface area contributed by atoms with Gasteiger partial charge in [-0.2, -0.15) is 9.61 Å². The van der Waals surface area contributed by atoms with Gasteiger partial charge in [0, 0.05) is 17.7 Å². The Morgan fingerprint density at radius 2 is 2.14 bits per heavy atom. The van der Waals surface area contributed by atoms with E-state index in [2.05, 4.69) is 20.6 Å². The smallest absolute Gasteiger partial charge is 0.243 e. The molecule has 0 aliphatic rings. The monoisotopic (exact) mass is 296 g/mol. The highest BCUT2D eigenvalue weighted by Crippen LogP contribution is 2.21. The zero-order chi connectivity index (χ0) is 15.5. The highest BCUT2D eigenvalue weighted by Gasteiger charge is 2.07. The van der Waals surface area contributed by atoms with Gasteiger partial charge in [-0.3, -0.25) is 4.79 Å². The van der Waals surface area contributed by atoms with Crippen molar-refractivity contribution in [2.24, 2.45) is 0 Å². The van der Waals surface area contributed by atoms with Crippen LogP contribution in [0.1, 0.15) is 19.8 Å². The van der Waals surface area contributed by atoms with Crippen LogP contribution < -0.4 is 11.1 Å². The van der Waals surface area contributed by atoms with Crippen LogP contribution in [0.3, 0.4) is 0 Å². The number of rotatable bonds is 4. The average Bonchev–Trinajstić information content (AvgIpc) is 2.89. The number of anilines is 2. The van der Waals surface area contributed by atoms with Gasteiger partial charge in [-0.15, -0.1) is 10.2 Å². The standard InChI is InChI=1S/C15H16N6O/c1-2-4-14(22)17-11-6-3-5-10(9-11)12-7-8-13-18-19-15(16)21(13)20-12/h3,5-9H,2,4H2,1H3,(H2,16,19)(H,17,22). The van der Waals surface area contributed by atoms with Crippen LogP contribution in [0.5, 0.6) is 0 Å². The molecule has 0 bridgehead atoms. The number of nitrogen functional groups attached to an aromatic ring is 1. The van der Waals surface area contributed by atoms with E-state index < -0.39 is 0 Å². The normalized spacial score (nSPS) is 10.8. The second kappa shape index (κ2) is 5.80. The van der Waals surface area contributed by atoms with Gasteiger partial charge in [0.05, 0.1) is 5.69 Å². The Labute approximate surface area is 127 Å². The van der Waals surface area contributed by atoms with Crippen molar-refractivity contribution in [2.45, 2.75) is 19.8 Å². The van der Waals surface area contributed by atoms with Crippen molar-refractivity contribution in [1.29, 1.82) is 0 Å². The molecule has 3 aromatic rings. The molecule has 0 saturated heterocycles. The molecule has 112 valence electrons. The molecule has 0 fully saturated rings. The number of aromatic nitrogens is 4. The molecule has 7 nitrogen and oxygen atoms in total. The minimum atomic E-state index is 0.00566. The number of hydrogen-bond donors (Lipinski definition) is 2. The molecule has 0 unspecified atom stereocenters. The zero-order valence-electron chi connectivity index (χ0n) is 12.2. The van der Waals surface area contributed by atoms with E-state index in [9.17, 15) is 4.79 Å². The molecule has 0 saturated carbocycles. The van der Waals surface area contributed by atoms with Crippen molar-refractivity contribution in [2.75, 3.05) is 11.1 Å². The van der Waals surface area contributed by atoms with E-state index in [1.807, 2.05) is 37.3 Å². The molecule has 1 aromatic carbocycles. The molecule has 7 heteroatoms. The Morgan fingerprint density at radius 1 is 1.27 bits per heavy atom. The number of nitrogens with zero attached hydrogens (tertiary/aromatic N) is 4. The van der Waals surface area contributed by atoms with Crippen molar-refractivity contribution in [3.8, 4) is 11.3 Å². The lowest BCUT2D eigenvalue weighted by Crippen LogP contribution is -2.10. The average molecular weight is 296 g/mol. The predicted octanol–water partition coefficient (Wildman–Crippen LogP) is 2.11. The maximum absolute atomic E-state index is 11.7. The molecular weight excluding hydrogens is 280 g/mol. The largest absolute Gasteiger partial charge is 0.366 e. The Balaban J connectivity index is 1.92. The Bertz CT molecular complexity index is 826. The van der Waals surface area contributed by atoms with Crippen LogP contribution in [0.4, 0.5) is 11.6 Å². The van der Waals surface area contributed by atoms with E-state index in [4.69, 9.17) is 5.73 Å². The van der Waals surface area contributed by atoms with Crippen LogP contribution in [-0.2, 0) is 4.79 Å². The number of amides is 1. The van der Waals surface area contributed by atoms with Crippen LogP contribution in [-0.4, -0.2) is 25.7 Å². The molecule has 0 atom stereocenters. The maximum Gasteiger partial charge on any atom is 0.243 e. The zero-order valence-corrected chi connectivity index (χ0v) is 12.2. The minimum Gasteiger partial charge on any atom is -0.366 e. The number of benzene rings is 1. The Morgan fingerprint density at radius 3 is 2.95 bits per heavy atom. The van der Waals surface area contributed by atoms with Gasteiger partial charge in [-0.1, -0.05) is 19.1 Å². The van der Waals surface area contributed by atoms with Crippen LogP contribution in [0.25, 0.3) is 16.9 Å². The van der Waals surface area contributed by atoms with Crippen molar-refractivity contribution in [1.82, 2.24) is 19.8 Å². The topological polar surface area (TPSA) is 98.2 Å². The van der Waals surface area contributed by atoms with E-state index in [0.29, 0.717) is 12.1 Å². The van der Waals surface area contributed by atoms with E-state index >= 15 is 0 Å². The van der Waals surface area contributed by atoms with Gasteiger partial charge in [0.2, 0.25) is 11.9 Å². The van der Waals surface area contributed by atoms with Gasteiger partial charge in [-0.05, 0) is 30.7 Å². The summed E-state index contributed by atoms with van der Waals surface area (Å²) in [5.41, 5.74) is 8.66. The number of fused-ring (bicyclic) bond motifs is 1. The highest BCUT2D eigenvalue weighted by molar-refractivity contribution is 5.91. The van der Waals surface area contributed by atoms with Crippen LogP contribution >= 0.6 is 0 Å². The van der Waals surface area contributed by atoms with Gasteiger partial charge in [0.25, 0.3) is 0 Å². The van der Waals surface area contributed by atoms with Crippen molar-refractivity contribution in [3.63, 3.8) is 0 Å². The highest BCUT2D eigenvalue weighted by atomic mass is 16.1. The summed E-state index contributed by atoms with van der Waals surface area (Å²) >= 11 is 0. The molecule has 2 aromatic heterocycles. The number of nitrogens with two attached hydrogens (primary N) is 1. The molecule has 22 heavy (non-hydrogen) atoms. The fourth-order valence-corrected chi connectivity index (χ4v) is 2.17. The summed E-state index contributed by atoms with van der Waals surface area (Å²) in [5.74, 6) is 0.246. The fraction of sp³-hybridized carbons (Fsp3) is 0.200. The first-order valence-electron chi connectivity index (χ1n) is 7.05. The predicted molar refractivity (Wildman–Crippen MR) is 84.2 cm³/mol. The number of nitrogens with one attached hydrogen (secondary N) is 1. The Hall–Kier alpha value is -2.96. The van der Waals surface area contributed by atoms with Crippen LogP contribution in [0.15, 0.2) is 36.4 Å². The van der Waals surface area contributed by atoms with Gasteiger partial charge < -0.3 is 11.1 Å². The first kappa shape index (κ1) is 14.0.